The number of para-hydroxylation sites is 1. The lowest BCUT2D eigenvalue weighted by molar-refractivity contribution is -0.118. The van der Waals surface area contributed by atoms with E-state index in [0.29, 0.717) is 12.6 Å². The van der Waals surface area contributed by atoms with E-state index in [1.807, 2.05) is 18.2 Å². The van der Waals surface area contributed by atoms with Crippen molar-refractivity contribution >= 4 is 21.8 Å². The van der Waals surface area contributed by atoms with Crippen molar-refractivity contribution in [3.63, 3.8) is 0 Å². The van der Waals surface area contributed by atoms with Crippen LogP contribution in [0.1, 0.15) is 25.8 Å². The van der Waals surface area contributed by atoms with Crippen LogP contribution in [0.5, 0.6) is 5.75 Å². The SMILES string of the molecule is CC(C)NCc1cccc(Br)c1OCCC(N)=O. The molecule has 0 heterocycles. The minimum absolute atomic E-state index is 0.221. The number of carbonyl (C=O) groups excluding carboxylic acids is 1. The van der Waals surface area contributed by atoms with Gasteiger partial charge in [-0.25, -0.2) is 0 Å². The van der Waals surface area contributed by atoms with Crippen molar-refractivity contribution in [2.45, 2.75) is 32.9 Å². The zero-order chi connectivity index (χ0) is 13.5. The zero-order valence-electron chi connectivity index (χ0n) is 10.7. The molecule has 0 spiro atoms. The van der Waals surface area contributed by atoms with Gasteiger partial charge in [-0.05, 0) is 22.0 Å². The molecule has 4 nitrogen and oxygen atoms in total. The highest BCUT2D eigenvalue weighted by Gasteiger charge is 2.09. The number of rotatable bonds is 7. The normalized spacial score (nSPS) is 10.7. The highest BCUT2D eigenvalue weighted by atomic mass is 79.9. The molecular formula is C13H19BrN2O2. The first-order chi connectivity index (χ1) is 8.50. The van der Waals surface area contributed by atoms with Gasteiger partial charge in [0.2, 0.25) is 5.91 Å². The minimum atomic E-state index is -0.357. The summed E-state index contributed by atoms with van der Waals surface area (Å²) < 4.78 is 6.51. The van der Waals surface area contributed by atoms with Crippen molar-refractivity contribution < 1.29 is 9.53 Å². The number of carbonyl (C=O) groups is 1. The monoisotopic (exact) mass is 314 g/mol. The van der Waals surface area contributed by atoms with Gasteiger partial charge in [0.1, 0.15) is 5.75 Å². The first-order valence-corrected chi connectivity index (χ1v) is 6.72. The van der Waals surface area contributed by atoms with E-state index in [9.17, 15) is 4.79 Å². The number of benzene rings is 1. The van der Waals surface area contributed by atoms with Gasteiger partial charge in [-0.15, -0.1) is 0 Å². The predicted octanol–water partition coefficient (Wildman–Crippen LogP) is 2.20. The zero-order valence-corrected chi connectivity index (χ0v) is 12.3. The van der Waals surface area contributed by atoms with Gasteiger partial charge < -0.3 is 15.8 Å². The molecule has 3 N–H and O–H groups in total. The van der Waals surface area contributed by atoms with E-state index in [4.69, 9.17) is 10.5 Å². The van der Waals surface area contributed by atoms with Gasteiger partial charge in [-0.3, -0.25) is 4.79 Å². The summed E-state index contributed by atoms with van der Waals surface area (Å²) in [4.78, 5) is 10.7. The Hall–Kier alpha value is -1.07. The maximum atomic E-state index is 10.7. The summed E-state index contributed by atoms with van der Waals surface area (Å²) in [6, 6.07) is 6.28. The Balaban J connectivity index is 2.70. The molecule has 0 radical (unpaired) electrons. The van der Waals surface area contributed by atoms with E-state index in [0.717, 1.165) is 22.3 Å². The van der Waals surface area contributed by atoms with Crippen molar-refractivity contribution in [3.05, 3.63) is 28.2 Å². The Morgan fingerprint density at radius 2 is 2.22 bits per heavy atom. The number of halogens is 1. The molecule has 0 aliphatic heterocycles. The van der Waals surface area contributed by atoms with Crippen LogP contribution in [0.2, 0.25) is 0 Å². The number of nitrogens with one attached hydrogen (secondary N) is 1. The van der Waals surface area contributed by atoms with Crippen molar-refractivity contribution in [3.8, 4) is 5.75 Å². The summed E-state index contributed by atoms with van der Waals surface area (Å²) >= 11 is 3.45. The van der Waals surface area contributed by atoms with Gasteiger partial charge in [0.05, 0.1) is 17.5 Å². The van der Waals surface area contributed by atoms with Crippen molar-refractivity contribution in [2.24, 2.45) is 5.73 Å². The molecule has 1 rings (SSSR count). The maximum Gasteiger partial charge on any atom is 0.220 e. The van der Waals surface area contributed by atoms with E-state index in [1.165, 1.54) is 0 Å². The summed E-state index contributed by atoms with van der Waals surface area (Å²) in [6.45, 7) is 5.20. The number of hydrogen-bond donors (Lipinski definition) is 2. The number of primary amides is 1. The lowest BCUT2D eigenvalue weighted by atomic mass is 10.2. The fraction of sp³-hybridized carbons (Fsp3) is 0.462. The molecule has 18 heavy (non-hydrogen) atoms. The molecular weight excluding hydrogens is 296 g/mol. The van der Waals surface area contributed by atoms with Crippen molar-refractivity contribution in [1.82, 2.24) is 5.32 Å². The first-order valence-electron chi connectivity index (χ1n) is 5.92. The van der Waals surface area contributed by atoms with E-state index in [2.05, 4.69) is 35.1 Å². The highest BCUT2D eigenvalue weighted by molar-refractivity contribution is 9.10. The molecule has 0 aliphatic rings. The average molecular weight is 315 g/mol. The van der Waals surface area contributed by atoms with Crippen LogP contribution in [0.15, 0.2) is 22.7 Å². The topological polar surface area (TPSA) is 64.3 Å². The Morgan fingerprint density at radius 3 is 2.83 bits per heavy atom. The van der Waals surface area contributed by atoms with Crippen LogP contribution in [0.3, 0.4) is 0 Å². The number of nitrogens with two attached hydrogens (primary N) is 1. The molecule has 1 aromatic carbocycles. The lowest BCUT2D eigenvalue weighted by Gasteiger charge is -2.14. The van der Waals surface area contributed by atoms with E-state index in [-0.39, 0.29) is 12.3 Å². The Bertz CT molecular complexity index is 408. The molecule has 0 aliphatic carbocycles. The maximum absolute atomic E-state index is 10.7. The summed E-state index contributed by atoms with van der Waals surface area (Å²) in [6.07, 6.45) is 0.221. The minimum Gasteiger partial charge on any atom is -0.492 e. The molecule has 100 valence electrons. The second-order valence-electron chi connectivity index (χ2n) is 4.33. The van der Waals surface area contributed by atoms with Crippen LogP contribution in [0.25, 0.3) is 0 Å². The Labute approximate surface area is 116 Å². The number of amides is 1. The van der Waals surface area contributed by atoms with Crippen LogP contribution in [-0.4, -0.2) is 18.6 Å². The molecule has 0 saturated carbocycles. The van der Waals surface area contributed by atoms with E-state index >= 15 is 0 Å². The first kappa shape index (κ1) is 15.0. The van der Waals surface area contributed by atoms with Crippen LogP contribution < -0.4 is 15.8 Å². The predicted molar refractivity (Wildman–Crippen MR) is 75.4 cm³/mol. The molecule has 1 amide bonds. The molecule has 5 heteroatoms. The van der Waals surface area contributed by atoms with Crippen LogP contribution in [0.4, 0.5) is 0 Å². The molecule has 0 aromatic heterocycles. The molecule has 0 fully saturated rings. The molecule has 0 saturated heterocycles. The third-order valence-corrected chi connectivity index (χ3v) is 2.97. The van der Waals surface area contributed by atoms with Crippen molar-refractivity contribution in [1.29, 1.82) is 0 Å². The molecule has 0 bridgehead atoms. The largest absolute Gasteiger partial charge is 0.492 e. The van der Waals surface area contributed by atoms with Gasteiger partial charge in [-0.2, -0.15) is 0 Å². The number of hydrogen-bond acceptors (Lipinski definition) is 3. The molecule has 0 atom stereocenters. The highest BCUT2D eigenvalue weighted by Crippen LogP contribution is 2.29. The summed E-state index contributed by atoms with van der Waals surface area (Å²) in [5.41, 5.74) is 6.15. The second kappa shape index (κ2) is 7.38. The van der Waals surface area contributed by atoms with Crippen LogP contribution in [0, 0.1) is 0 Å². The summed E-state index contributed by atoms with van der Waals surface area (Å²) in [5, 5.41) is 3.34. The smallest absolute Gasteiger partial charge is 0.220 e. The van der Waals surface area contributed by atoms with Gasteiger partial charge in [0, 0.05) is 18.2 Å². The quantitative estimate of drug-likeness (QED) is 0.811. The molecule has 0 unspecified atom stereocenters. The van der Waals surface area contributed by atoms with Gasteiger partial charge in [0.15, 0.2) is 0 Å². The third-order valence-electron chi connectivity index (χ3n) is 2.34. The van der Waals surface area contributed by atoms with Crippen molar-refractivity contribution in [2.75, 3.05) is 6.61 Å². The Kier molecular flexibility index (Phi) is 6.15. The summed E-state index contributed by atoms with van der Waals surface area (Å²) in [5.74, 6) is 0.413. The lowest BCUT2D eigenvalue weighted by Crippen LogP contribution is -2.22. The Morgan fingerprint density at radius 1 is 1.50 bits per heavy atom. The van der Waals surface area contributed by atoms with Crippen LogP contribution >= 0.6 is 15.9 Å². The van der Waals surface area contributed by atoms with Gasteiger partial charge in [0.25, 0.3) is 0 Å². The fourth-order valence-electron chi connectivity index (χ4n) is 1.42. The van der Waals surface area contributed by atoms with Gasteiger partial charge >= 0.3 is 0 Å². The van der Waals surface area contributed by atoms with Crippen LogP contribution in [-0.2, 0) is 11.3 Å². The number of ether oxygens (including phenoxy) is 1. The fourth-order valence-corrected chi connectivity index (χ4v) is 1.94. The standard InChI is InChI=1S/C13H19BrN2O2/c1-9(2)16-8-10-4-3-5-11(14)13(10)18-7-6-12(15)17/h3-5,9,16H,6-8H2,1-2H3,(H2,15,17). The summed E-state index contributed by atoms with van der Waals surface area (Å²) in [7, 11) is 0. The van der Waals surface area contributed by atoms with E-state index in [1.54, 1.807) is 0 Å². The van der Waals surface area contributed by atoms with Gasteiger partial charge in [-0.1, -0.05) is 26.0 Å². The molecule has 1 aromatic rings. The second-order valence-corrected chi connectivity index (χ2v) is 5.18. The van der Waals surface area contributed by atoms with E-state index < -0.39 is 0 Å². The average Bonchev–Trinajstić information content (AvgIpc) is 2.28. The third kappa shape index (κ3) is 5.06.